The fourth-order valence-electron chi connectivity index (χ4n) is 1.96. The molecule has 2 aromatic rings. The maximum Gasteiger partial charge on any atom is 0.126 e. The number of hydrogen-bond acceptors (Lipinski definition) is 3. The van der Waals surface area contributed by atoms with Crippen LogP contribution in [0.15, 0.2) is 41.0 Å². The van der Waals surface area contributed by atoms with E-state index in [0.29, 0.717) is 12.5 Å². The molecular formula is C16H19BrN2O. The van der Waals surface area contributed by atoms with E-state index >= 15 is 0 Å². The second kappa shape index (κ2) is 6.75. The van der Waals surface area contributed by atoms with Crippen molar-refractivity contribution in [3.63, 3.8) is 0 Å². The van der Waals surface area contributed by atoms with Crippen LogP contribution in [0, 0.1) is 0 Å². The van der Waals surface area contributed by atoms with Gasteiger partial charge in [0.1, 0.15) is 18.2 Å². The zero-order valence-corrected chi connectivity index (χ0v) is 13.6. The highest BCUT2D eigenvalue weighted by molar-refractivity contribution is 9.10. The van der Waals surface area contributed by atoms with Gasteiger partial charge in [-0.05, 0) is 47.4 Å². The molecule has 1 aromatic carbocycles. The SMILES string of the molecule is CNc1cc(COc2ccc(Br)cc2C(C)C)ccn1. The molecule has 0 radical (unpaired) electrons. The Labute approximate surface area is 128 Å². The van der Waals surface area contributed by atoms with Crippen molar-refractivity contribution in [2.45, 2.75) is 26.4 Å². The third-order valence-electron chi connectivity index (χ3n) is 3.07. The quantitative estimate of drug-likeness (QED) is 0.868. The fourth-order valence-corrected chi connectivity index (χ4v) is 2.34. The average Bonchev–Trinajstić information content (AvgIpc) is 2.46. The van der Waals surface area contributed by atoms with Crippen LogP contribution in [0.4, 0.5) is 5.82 Å². The molecule has 1 aromatic heterocycles. The van der Waals surface area contributed by atoms with Crippen LogP contribution in [0.2, 0.25) is 0 Å². The standard InChI is InChI=1S/C16H19BrN2O/c1-11(2)14-9-13(17)4-5-15(14)20-10-12-6-7-19-16(8-12)18-3/h4-9,11H,10H2,1-3H3,(H,18,19). The molecule has 1 heterocycles. The predicted molar refractivity (Wildman–Crippen MR) is 86.3 cm³/mol. The molecule has 0 bridgehead atoms. The Balaban J connectivity index is 2.14. The van der Waals surface area contributed by atoms with Gasteiger partial charge < -0.3 is 10.1 Å². The zero-order valence-electron chi connectivity index (χ0n) is 12.0. The van der Waals surface area contributed by atoms with Gasteiger partial charge in [-0.25, -0.2) is 4.98 Å². The van der Waals surface area contributed by atoms with Crippen molar-refractivity contribution < 1.29 is 4.74 Å². The van der Waals surface area contributed by atoms with Crippen LogP contribution in [0.1, 0.15) is 30.9 Å². The number of ether oxygens (including phenoxy) is 1. The maximum absolute atomic E-state index is 5.96. The minimum Gasteiger partial charge on any atom is -0.489 e. The average molecular weight is 335 g/mol. The van der Waals surface area contributed by atoms with Crippen LogP contribution in [-0.4, -0.2) is 12.0 Å². The molecule has 0 saturated carbocycles. The molecule has 0 aliphatic rings. The van der Waals surface area contributed by atoms with E-state index in [9.17, 15) is 0 Å². The summed E-state index contributed by atoms with van der Waals surface area (Å²) in [6.07, 6.45) is 1.79. The van der Waals surface area contributed by atoms with E-state index in [2.05, 4.69) is 46.1 Å². The number of rotatable bonds is 5. The van der Waals surface area contributed by atoms with Gasteiger partial charge in [-0.1, -0.05) is 29.8 Å². The molecule has 0 saturated heterocycles. The first-order chi connectivity index (χ1) is 9.60. The molecule has 0 aliphatic heterocycles. The van der Waals surface area contributed by atoms with Crippen molar-refractivity contribution in [2.75, 3.05) is 12.4 Å². The molecule has 1 N–H and O–H groups in total. The Kier molecular flexibility index (Phi) is 5.01. The summed E-state index contributed by atoms with van der Waals surface area (Å²) in [5.41, 5.74) is 2.31. The number of anilines is 1. The first kappa shape index (κ1) is 14.9. The lowest BCUT2D eigenvalue weighted by atomic mass is 10.0. The normalized spacial score (nSPS) is 10.7. The summed E-state index contributed by atoms with van der Waals surface area (Å²) >= 11 is 3.51. The van der Waals surface area contributed by atoms with Crippen molar-refractivity contribution in [3.8, 4) is 5.75 Å². The molecule has 0 unspecified atom stereocenters. The molecule has 0 spiro atoms. The van der Waals surface area contributed by atoms with E-state index in [1.165, 1.54) is 5.56 Å². The van der Waals surface area contributed by atoms with Gasteiger partial charge in [-0.2, -0.15) is 0 Å². The van der Waals surface area contributed by atoms with Gasteiger partial charge in [-0.3, -0.25) is 0 Å². The van der Waals surface area contributed by atoms with E-state index in [-0.39, 0.29) is 0 Å². The topological polar surface area (TPSA) is 34.1 Å². The number of aromatic nitrogens is 1. The van der Waals surface area contributed by atoms with Gasteiger partial charge in [0.25, 0.3) is 0 Å². The first-order valence-corrected chi connectivity index (χ1v) is 7.44. The number of nitrogens with zero attached hydrogens (tertiary/aromatic N) is 1. The Morgan fingerprint density at radius 2 is 2.05 bits per heavy atom. The molecule has 0 amide bonds. The van der Waals surface area contributed by atoms with Crippen molar-refractivity contribution in [1.82, 2.24) is 4.98 Å². The second-order valence-electron chi connectivity index (χ2n) is 4.92. The lowest BCUT2D eigenvalue weighted by molar-refractivity contribution is 0.301. The summed E-state index contributed by atoms with van der Waals surface area (Å²) in [5, 5.41) is 3.03. The van der Waals surface area contributed by atoms with E-state index in [0.717, 1.165) is 21.6 Å². The highest BCUT2D eigenvalue weighted by Gasteiger charge is 2.09. The largest absolute Gasteiger partial charge is 0.489 e. The van der Waals surface area contributed by atoms with Gasteiger partial charge in [0.15, 0.2) is 0 Å². The summed E-state index contributed by atoms with van der Waals surface area (Å²) in [7, 11) is 1.86. The summed E-state index contributed by atoms with van der Waals surface area (Å²) in [6, 6.07) is 10.1. The van der Waals surface area contributed by atoms with Crippen molar-refractivity contribution in [3.05, 3.63) is 52.1 Å². The van der Waals surface area contributed by atoms with Crippen LogP contribution in [-0.2, 0) is 6.61 Å². The number of halogens is 1. The second-order valence-corrected chi connectivity index (χ2v) is 5.84. The maximum atomic E-state index is 5.96. The zero-order chi connectivity index (χ0) is 14.5. The molecule has 0 fully saturated rings. The Bertz CT molecular complexity index is 584. The van der Waals surface area contributed by atoms with Crippen molar-refractivity contribution >= 4 is 21.7 Å². The van der Waals surface area contributed by atoms with Crippen LogP contribution in [0.3, 0.4) is 0 Å². The minimum atomic E-state index is 0.424. The van der Waals surface area contributed by atoms with Gasteiger partial charge in [0, 0.05) is 17.7 Å². The number of nitrogens with one attached hydrogen (secondary N) is 1. The minimum absolute atomic E-state index is 0.424. The molecule has 0 atom stereocenters. The predicted octanol–water partition coefficient (Wildman–Crippen LogP) is 4.59. The lowest BCUT2D eigenvalue weighted by Crippen LogP contribution is -2.01. The van der Waals surface area contributed by atoms with E-state index < -0.39 is 0 Å². The summed E-state index contributed by atoms with van der Waals surface area (Å²) in [6.45, 7) is 4.87. The highest BCUT2D eigenvalue weighted by atomic mass is 79.9. The monoisotopic (exact) mass is 334 g/mol. The van der Waals surface area contributed by atoms with Crippen molar-refractivity contribution in [2.24, 2.45) is 0 Å². The summed E-state index contributed by atoms with van der Waals surface area (Å²) in [5.74, 6) is 2.21. The summed E-state index contributed by atoms with van der Waals surface area (Å²) < 4.78 is 7.04. The third-order valence-corrected chi connectivity index (χ3v) is 3.56. The molecule has 20 heavy (non-hydrogen) atoms. The number of benzene rings is 1. The van der Waals surface area contributed by atoms with Crippen LogP contribution in [0.5, 0.6) is 5.75 Å². The van der Waals surface area contributed by atoms with Crippen LogP contribution >= 0.6 is 15.9 Å². The molecule has 4 heteroatoms. The van der Waals surface area contributed by atoms with Gasteiger partial charge in [-0.15, -0.1) is 0 Å². The first-order valence-electron chi connectivity index (χ1n) is 6.65. The van der Waals surface area contributed by atoms with E-state index in [1.807, 2.05) is 31.3 Å². The van der Waals surface area contributed by atoms with Gasteiger partial charge in [0.05, 0.1) is 0 Å². The van der Waals surface area contributed by atoms with Crippen molar-refractivity contribution in [1.29, 1.82) is 0 Å². The third kappa shape index (κ3) is 3.73. The lowest BCUT2D eigenvalue weighted by Gasteiger charge is -2.14. The number of hydrogen-bond donors (Lipinski definition) is 1. The molecule has 0 aliphatic carbocycles. The molecule has 2 rings (SSSR count). The van der Waals surface area contributed by atoms with Crippen LogP contribution < -0.4 is 10.1 Å². The molecule has 3 nitrogen and oxygen atoms in total. The highest BCUT2D eigenvalue weighted by Crippen LogP contribution is 2.30. The van der Waals surface area contributed by atoms with Gasteiger partial charge in [0.2, 0.25) is 0 Å². The fraction of sp³-hybridized carbons (Fsp3) is 0.312. The van der Waals surface area contributed by atoms with E-state index in [4.69, 9.17) is 4.74 Å². The van der Waals surface area contributed by atoms with Crippen LogP contribution in [0.25, 0.3) is 0 Å². The van der Waals surface area contributed by atoms with E-state index in [1.54, 1.807) is 6.20 Å². The smallest absolute Gasteiger partial charge is 0.126 e. The Morgan fingerprint density at radius 3 is 2.75 bits per heavy atom. The number of pyridine rings is 1. The molecule has 106 valence electrons. The Morgan fingerprint density at radius 1 is 1.25 bits per heavy atom. The Hall–Kier alpha value is -1.55. The molecular weight excluding hydrogens is 316 g/mol. The van der Waals surface area contributed by atoms with Gasteiger partial charge >= 0.3 is 0 Å². The summed E-state index contributed by atoms with van der Waals surface area (Å²) in [4.78, 5) is 4.20.